The molecule has 2 aromatic rings. The van der Waals surface area contributed by atoms with Crippen LogP contribution in [0.1, 0.15) is 45.2 Å². The number of phenolic OH excluding ortho intramolecular Hbond substituents is 1. The van der Waals surface area contributed by atoms with Gasteiger partial charge in [0.2, 0.25) is 0 Å². The summed E-state index contributed by atoms with van der Waals surface area (Å²) < 4.78 is 0. The number of nitrogen functional groups attached to an aromatic ring is 1. The van der Waals surface area contributed by atoms with Gasteiger partial charge in [-0.15, -0.1) is 10.2 Å². The quantitative estimate of drug-likeness (QED) is 0.579. The number of para-hydroxylation sites is 1. The number of hydrogen-bond acceptors (Lipinski definition) is 5. The van der Waals surface area contributed by atoms with Crippen LogP contribution in [0.2, 0.25) is 0 Å². The molecule has 0 saturated carbocycles. The molecule has 0 aromatic heterocycles. The van der Waals surface area contributed by atoms with Crippen LogP contribution < -0.4 is 5.73 Å². The van der Waals surface area contributed by atoms with Crippen molar-refractivity contribution in [2.75, 3.05) is 5.73 Å². The zero-order chi connectivity index (χ0) is 18.6. The molecule has 0 heterocycles. The molecule has 5 nitrogen and oxygen atoms in total. The van der Waals surface area contributed by atoms with Crippen LogP contribution in [-0.4, -0.2) is 10.9 Å². The van der Waals surface area contributed by atoms with Crippen LogP contribution >= 0.6 is 0 Å². The minimum absolute atomic E-state index is 0.109. The van der Waals surface area contributed by atoms with Crippen molar-refractivity contribution in [3.63, 3.8) is 0 Å². The van der Waals surface area contributed by atoms with Crippen LogP contribution in [0.5, 0.6) is 5.75 Å². The van der Waals surface area contributed by atoms with Crippen LogP contribution in [0.25, 0.3) is 0 Å². The van der Waals surface area contributed by atoms with E-state index < -0.39 is 0 Å². The molecule has 2 rings (SSSR count). The first kappa shape index (κ1) is 18.6. The van der Waals surface area contributed by atoms with Crippen molar-refractivity contribution in [1.82, 2.24) is 0 Å². The third kappa shape index (κ3) is 4.89. The second-order valence-electron chi connectivity index (χ2n) is 7.22. The minimum atomic E-state index is -0.258. The Morgan fingerprint density at radius 3 is 2.36 bits per heavy atom. The molecular formula is C20H25N3O2. The number of benzene rings is 2. The summed E-state index contributed by atoms with van der Waals surface area (Å²) in [5, 5.41) is 19.0. The van der Waals surface area contributed by atoms with E-state index in [9.17, 15) is 9.90 Å². The third-order valence-corrected chi connectivity index (χ3v) is 3.93. The molecule has 2 aromatic carbocycles. The van der Waals surface area contributed by atoms with Gasteiger partial charge in [-0.2, -0.15) is 0 Å². The van der Waals surface area contributed by atoms with Gasteiger partial charge in [-0.25, -0.2) is 0 Å². The number of aromatic hydroxyl groups is 1. The summed E-state index contributed by atoms with van der Waals surface area (Å²) in [5.41, 5.74) is 8.81. The largest absolute Gasteiger partial charge is 0.505 e. The standard InChI is InChI=1S/C20H25N3O2/c1-13(24)9-10-14-11-15(20(2,3)4)19(25)18(12-14)23-22-17-8-6-5-7-16(17)21/h5-8,11-12,25H,9-10,21H2,1-4H3. The molecule has 0 bridgehead atoms. The van der Waals surface area contributed by atoms with E-state index in [0.29, 0.717) is 29.9 Å². The molecule has 0 spiro atoms. The molecule has 25 heavy (non-hydrogen) atoms. The van der Waals surface area contributed by atoms with E-state index in [1.54, 1.807) is 25.1 Å². The number of anilines is 1. The Morgan fingerprint density at radius 1 is 1.12 bits per heavy atom. The van der Waals surface area contributed by atoms with Gasteiger partial charge in [-0.3, -0.25) is 0 Å². The topological polar surface area (TPSA) is 88.0 Å². The summed E-state index contributed by atoms with van der Waals surface area (Å²) in [5.74, 6) is 0.239. The third-order valence-electron chi connectivity index (χ3n) is 3.93. The smallest absolute Gasteiger partial charge is 0.146 e. The number of hydrogen-bond donors (Lipinski definition) is 2. The Morgan fingerprint density at radius 2 is 1.76 bits per heavy atom. The van der Waals surface area contributed by atoms with Gasteiger partial charge >= 0.3 is 0 Å². The molecule has 132 valence electrons. The van der Waals surface area contributed by atoms with Gasteiger partial charge in [0.25, 0.3) is 0 Å². The summed E-state index contributed by atoms with van der Waals surface area (Å²) in [6.45, 7) is 7.64. The van der Waals surface area contributed by atoms with Gasteiger partial charge in [-0.1, -0.05) is 39.0 Å². The maximum absolute atomic E-state index is 11.3. The molecule has 0 aliphatic heterocycles. The van der Waals surface area contributed by atoms with Crippen LogP contribution in [0, 0.1) is 0 Å². The van der Waals surface area contributed by atoms with E-state index in [1.807, 2.05) is 39.0 Å². The second kappa shape index (κ2) is 7.47. The van der Waals surface area contributed by atoms with E-state index in [0.717, 1.165) is 11.1 Å². The number of aryl methyl sites for hydroxylation is 1. The minimum Gasteiger partial charge on any atom is -0.505 e. The average Bonchev–Trinajstić information content (AvgIpc) is 2.52. The highest BCUT2D eigenvalue weighted by Crippen LogP contribution is 2.40. The molecule has 0 amide bonds. The SMILES string of the molecule is CC(=O)CCc1cc(N=Nc2ccccc2N)c(O)c(C(C)(C)C)c1. The van der Waals surface area contributed by atoms with Crippen molar-refractivity contribution in [3.8, 4) is 5.75 Å². The summed E-state index contributed by atoms with van der Waals surface area (Å²) in [6.07, 6.45) is 1.06. The van der Waals surface area contributed by atoms with Gasteiger partial charge in [0.1, 0.15) is 22.9 Å². The van der Waals surface area contributed by atoms with Crippen molar-refractivity contribution in [2.45, 2.75) is 46.0 Å². The van der Waals surface area contributed by atoms with Crippen LogP contribution in [0.3, 0.4) is 0 Å². The molecule has 0 saturated heterocycles. The van der Waals surface area contributed by atoms with Crippen molar-refractivity contribution in [2.24, 2.45) is 10.2 Å². The van der Waals surface area contributed by atoms with Crippen LogP contribution in [-0.2, 0) is 16.6 Å². The Balaban J connectivity index is 2.46. The van der Waals surface area contributed by atoms with Gasteiger partial charge in [0.05, 0.1) is 5.69 Å². The first-order chi connectivity index (χ1) is 11.7. The molecular weight excluding hydrogens is 314 g/mol. The van der Waals surface area contributed by atoms with E-state index in [4.69, 9.17) is 5.73 Å². The summed E-state index contributed by atoms with van der Waals surface area (Å²) in [6, 6.07) is 10.9. The number of nitrogens with two attached hydrogens (primary N) is 1. The molecule has 0 aliphatic carbocycles. The highest BCUT2D eigenvalue weighted by molar-refractivity contribution is 5.75. The first-order valence-electron chi connectivity index (χ1n) is 8.30. The fourth-order valence-electron chi connectivity index (χ4n) is 2.48. The van der Waals surface area contributed by atoms with Crippen LogP contribution in [0.15, 0.2) is 46.6 Å². The van der Waals surface area contributed by atoms with Gasteiger partial charge < -0.3 is 15.6 Å². The zero-order valence-corrected chi connectivity index (χ0v) is 15.2. The Bertz CT molecular complexity index is 805. The maximum Gasteiger partial charge on any atom is 0.146 e. The predicted molar refractivity (Wildman–Crippen MR) is 101 cm³/mol. The van der Waals surface area contributed by atoms with E-state index in [-0.39, 0.29) is 16.9 Å². The number of carbonyl (C=O) groups excluding carboxylic acids is 1. The number of ketones is 1. The molecule has 0 aliphatic rings. The lowest BCUT2D eigenvalue weighted by Crippen LogP contribution is -2.12. The number of azo groups is 1. The van der Waals surface area contributed by atoms with Crippen molar-refractivity contribution < 1.29 is 9.90 Å². The number of phenols is 1. The lowest BCUT2D eigenvalue weighted by Gasteiger charge is -2.22. The average molecular weight is 339 g/mol. The molecule has 0 atom stereocenters. The number of carbonyl (C=O) groups is 1. The van der Waals surface area contributed by atoms with Crippen molar-refractivity contribution in [1.29, 1.82) is 0 Å². The predicted octanol–water partition coefficient (Wildman–Crippen LogP) is 5.21. The molecule has 0 fully saturated rings. The molecule has 0 radical (unpaired) electrons. The van der Waals surface area contributed by atoms with E-state index in [1.165, 1.54) is 0 Å². The highest BCUT2D eigenvalue weighted by atomic mass is 16.3. The maximum atomic E-state index is 11.3. The summed E-state index contributed by atoms with van der Waals surface area (Å²) in [7, 11) is 0. The van der Waals surface area contributed by atoms with Gasteiger partial charge in [-0.05, 0) is 42.5 Å². The fourth-order valence-corrected chi connectivity index (χ4v) is 2.48. The normalized spacial score (nSPS) is 11.8. The summed E-state index contributed by atoms with van der Waals surface area (Å²) >= 11 is 0. The van der Waals surface area contributed by atoms with E-state index >= 15 is 0 Å². The van der Waals surface area contributed by atoms with Gasteiger partial charge in [0.15, 0.2) is 0 Å². The zero-order valence-electron chi connectivity index (χ0n) is 15.2. The summed E-state index contributed by atoms with van der Waals surface area (Å²) in [4.78, 5) is 11.3. The van der Waals surface area contributed by atoms with Crippen molar-refractivity contribution in [3.05, 3.63) is 47.5 Å². The second-order valence-corrected chi connectivity index (χ2v) is 7.22. The van der Waals surface area contributed by atoms with E-state index in [2.05, 4.69) is 10.2 Å². The lowest BCUT2D eigenvalue weighted by molar-refractivity contribution is -0.116. The number of Topliss-reactive ketones (excluding diaryl/α,β-unsaturated/α-hetero) is 1. The lowest BCUT2D eigenvalue weighted by atomic mass is 9.84. The molecule has 0 unspecified atom stereocenters. The monoisotopic (exact) mass is 339 g/mol. The Labute approximate surface area is 148 Å². The fraction of sp³-hybridized carbons (Fsp3) is 0.350. The molecule has 3 N–H and O–H groups in total. The number of rotatable bonds is 5. The van der Waals surface area contributed by atoms with Gasteiger partial charge in [0, 0.05) is 12.0 Å². The Hall–Kier alpha value is -2.69. The Kier molecular flexibility index (Phi) is 5.57. The van der Waals surface area contributed by atoms with Crippen molar-refractivity contribution >= 4 is 22.8 Å². The first-order valence-corrected chi connectivity index (χ1v) is 8.30. The highest BCUT2D eigenvalue weighted by Gasteiger charge is 2.21. The molecule has 5 heteroatoms. The number of nitrogens with zero attached hydrogens (tertiary/aromatic N) is 2. The van der Waals surface area contributed by atoms with Crippen LogP contribution in [0.4, 0.5) is 17.1 Å².